The monoisotopic (exact) mass is 396 g/mol. The highest BCUT2D eigenvalue weighted by molar-refractivity contribution is 6.02. The van der Waals surface area contributed by atoms with Gasteiger partial charge in [-0.2, -0.15) is 0 Å². The highest BCUT2D eigenvalue weighted by Gasteiger charge is 2.20. The topological polar surface area (TPSA) is 92.8 Å². The van der Waals surface area contributed by atoms with Gasteiger partial charge in [-0.25, -0.2) is 4.79 Å². The van der Waals surface area contributed by atoms with Crippen molar-refractivity contribution in [1.82, 2.24) is 0 Å². The Labute approximate surface area is 169 Å². The van der Waals surface area contributed by atoms with Crippen LogP contribution in [0.15, 0.2) is 48.5 Å². The van der Waals surface area contributed by atoms with Crippen molar-refractivity contribution >= 4 is 34.9 Å². The molecule has 2 rings (SSSR count). The first-order chi connectivity index (χ1) is 13.8. The van der Waals surface area contributed by atoms with Crippen molar-refractivity contribution in [3.63, 3.8) is 0 Å². The van der Waals surface area contributed by atoms with Crippen LogP contribution in [0.3, 0.4) is 0 Å². The average Bonchev–Trinajstić information content (AvgIpc) is 2.68. The van der Waals surface area contributed by atoms with Gasteiger partial charge in [0.1, 0.15) is 0 Å². The summed E-state index contributed by atoms with van der Waals surface area (Å²) in [7, 11) is 0. The number of hydrogen-bond acceptors (Lipinski definition) is 5. The molecule has 0 heterocycles. The van der Waals surface area contributed by atoms with Gasteiger partial charge in [-0.15, -0.1) is 0 Å². The number of benzene rings is 2. The third-order valence-electron chi connectivity index (χ3n) is 4.19. The molecule has 0 spiro atoms. The Morgan fingerprint density at radius 3 is 2.38 bits per heavy atom. The normalized spacial score (nSPS) is 10.2. The molecule has 29 heavy (non-hydrogen) atoms. The molecule has 7 nitrogen and oxygen atoms in total. The van der Waals surface area contributed by atoms with Crippen molar-refractivity contribution < 1.29 is 23.9 Å². The first-order valence-electron chi connectivity index (χ1n) is 9.28. The standard InChI is InChI=1S/C22H24N2O5/c1-4-29-22(28)19-10-5-6-11-20(19)24(16(3)26)13-12-21(27)23-18-9-7-8-17(14-18)15(2)25/h5-11,14H,4,12-13H2,1-3H3,(H,23,27). The molecule has 152 valence electrons. The average molecular weight is 396 g/mol. The Kier molecular flexibility index (Phi) is 7.65. The second-order valence-electron chi connectivity index (χ2n) is 6.34. The fourth-order valence-corrected chi connectivity index (χ4v) is 2.79. The molecule has 0 saturated heterocycles. The molecule has 0 aromatic heterocycles. The van der Waals surface area contributed by atoms with Crippen molar-refractivity contribution in [2.24, 2.45) is 0 Å². The minimum atomic E-state index is -0.528. The summed E-state index contributed by atoms with van der Waals surface area (Å²) in [5.41, 5.74) is 1.66. The predicted molar refractivity (Wildman–Crippen MR) is 110 cm³/mol. The summed E-state index contributed by atoms with van der Waals surface area (Å²) >= 11 is 0. The molecule has 2 aromatic rings. The molecule has 0 radical (unpaired) electrons. The van der Waals surface area contributed by atoms with Gasteiger partial charge in [0.2, 0.25) is 11.8 Å². The third-order valence-corrected chi connectivity index (χ3v) is 4.19. The van der Waals surface area contributed by atoms with Gasteiger partial charge in [0.05, 0.1) is 17.9 Å². The number of Topliss-reactive ketones (excluding diaryl/α,β-unsaturated/α-hetero) is 1. The van der Waals surface area contributed by atoms with E-state index in [0.29, 0.717) is 16.9 Å². The van der Waals surface area contributed by atoms with E-state index in [1.54, 1.807) is 55.5 Å². The minimum absolute atomic E-state index is 0.0149. The first-order valence-corrected chi connectivity index (χ1v) is 9.28. The number of carbonyl (C=O) groups is 4. The number of amides is 2. The molecule has 2 aromatic carbocycles. The van der Waals surface area contributed by atoms with E-state index in [4.69, 9.17) is 4.74 Å². The van der Waals surface area contributed by atoms with Gasteiger partial charge in [0.15, 0.2) is 5.78 Å². The fourth-order valence-electron chi connectivity index (χ4n) is 2.79. The zero-order valence-electron chi connectivity index (χ0n) is 16.7. The molecule has 0 unspecified atom stereocenters. The zero-order valence-corrected chi connectivity index (χ0v) is 16.7. The first kappa shape index (κ1) is 21.8. The summed E-state index contributed by atoms with van der Waals surface area (Å²) in [4.78, 5) is 49.6. The Morgan fingerprint density at radius 1 is 1.00 bits per heavy atom. The van der Waals surface area contributed by atoms with Crippen LogP contribution >= 0.6 is 0 Å². The van der Waals surface area contributed by atoms with Crippen molar-refractivity contribution in [2.75, 3.05) is 23.4 Å². The Balaban J connectivity index is 2.12. The van der Waals surface area contributed by atoms with Gasteiger partial charge < -0.3 is 15.0 Å². The number of carbonyl (C=O) groups excluding carboxylic acids is 4. The number of hydrogen-bond donors (Lipinski definition) is 1. The molecule has 0 bridgehead atoms. The second kappa shape index (κ2) is 10.2. The molecule has 0 fully saturated rings. The van der Waals surface area contributed by atoms with E-state index in [1.807, 2.05) is 0 Å². The summed E-state index contributed by atoms with van der Waals surface area (Å²) in [5.74, 6) is -1.24. The van der Waals surface area contributed by atoms with Gasteiger partial charge in [0, 0.05) is 31.1 Å². The number of nitrogens with one attached hydrogen (secondary N) is 1. The molecular weight excluding hydrogens is 372 g/mol. The number of ketones is 1. The number of anilines is 2. The van der Waals surface area contributed by atoms with Gasteiger partial charge in [-0.3, -0.25) is 14.4 Å². The lowest BCUT2D eigenvalue weighted by atomic mass is 10.1. The van der Waals surface area contributed by atoms with Crippen LogP contribution in [0.1, 0.15) is 47.9 Å². The van der Waals surface area contributed by atoms with Gasteiger partial charge in [0.25, 0.3) is 0 Å². The maximum atomic E-state index is 12.3. The fraction of sp³-hybridized carbons (Fsp3) is 0.273. The number of esters is 1. The van der Waals surface area contributed by atoms with E-state index in [2.05, 4.69) is 5.32 Å². The van der Waals surface area contributed by atoms with E-state index in [0.717, 1.165) is 0 Å². The number of ether oxygens (including phenoxy) is 1. The highest BCUT2D eigenvalue weighted by atomic mass is 16.5. The van der Waals surface area contributed by atoms with Crippen LogP contribution in [0.4, 0.5) is 11.4 Å². The second-order valence-corrected chi connectivity index (χ2v) is 6.34. The van der Waals surface area contributed by atoms with Crippen LogP contribution in [0.25, 0.3) is 0 Å². The van der Waals surface area contributed by atoms with Crippen molar-refractivity contribution in [1.29, 1.82) is 0 Å². The van der Waals surface area contributed by atoms with E-state index in [-0.39, 0.29) is 42.7 Å². The largest absolute Gasteiger partial charge is 0.462 e. The Morgan fingerprint density at radius 2 is 1.72 bits per heavy atom. The number of nitrogens with zero attached hydrogens (tertiary/aromatic N) is 1. The summed E-state index contributed by atoms with van der Waals surface area (Å²) in [6.45, 7) is 4.83. The number of para-hydroxylation sites is 1. The lowest BCUT2D eigenvalue weighted by Gasteiger charge is -2.23. The summed E-state index contributed by atoms with van der Waals surface area (Å²) < 4.78 is 5.05. The third kappa shape index (κ3) is 6.00. The van der Waals surface area contributed by atoms with Crippen molar-refractivity contribution in [2.45, 2.75) is 27.2 Å². The summed E-state index contributed by atoms with van der Waals surface area (Å²) in [5, 5.41) is 2.72. The zero-order chi connectivity index (χ0) is 21.4. The summed E-state index contributed by atoms with van der Waals surface area (Å²) in [6.07, 6.45) is 0.0149. The molecule has 0 saturated carbocycles. The van der Waals surface area contributed by atoms with E-state index in [9.17, 15) is 19.2 Å². The lowest BCUT2D eigenvalue weighted by molar-refractivity contribution is -0.117. The van der Waals surface area contributed by atoms with Crippen molar-refractivity contribution in [3.05, 3.63) is 59.7 Å². The Bertz CT molecular complexity index is 923. The number of rotatable bonds is 8. The molecule has 0 aliphatic heterocycles. The summed E-state index contributed by atoms with van der Waals surface area (Å²) in [6, 6.07) is 13.2. The van der Waals surface area contributed by atoms with Crippen LogP contribution in [0.2, 0.25) is 0 Å². The highest BCUT2D eigenvalue weighted by Crippen LogP contribution is 2.22. The lowest BCUT2D eigenvalue weighted by Crippen LogP contribution is -2.33. The molecule has 2 amide bonds. The van der Waals surface area contributed by atoms with E-state index >= 15 is 0 Å². The predicted octanol–water partition coefficient (Wildman–Crippen LogP) is 3.45. The van der Waals surface area contributed by atoms with E-state index in [1.165, 1.54) is 18.7 Å². The molecule has 0 aliphatic rings. The van der Waals surface area contributed by atoms with Crippen LogP contribution in [0, 0.1) is 0 Å². The molecule has 7 heteroatoms. The molecule has 0 aliphatic carbocycles. The smallest absolute Gasteiger partial charge is 0.340 e. The quantitative estimate of drug-likeness (QED) is 0.545. The molecule has 1 N–H and O–H groups in total. The van der Waals surface area contributed by atoms with Crippen molar-refractivity contribution in [3.8, 4) is 0 Å². The minimum Gasteiger partial charge on any atom is -0.462 e. The van der Waals surface area contributed by atoms with Gasteiger partial charge in [-0.05, 0) is 38.1 Å². The van der Waals surface area contributed by atoms with E-state index < -0.39 is 5.97 Å². The van der Waals surface area contributed by atoms with Crippen LogP contribution in [-0.4, -0.2) is 36.7 Å². The van der Waals surface area contributed by atoms with Crippen LogP contribution in [0.5, 0.6) is 0 Å². The van der Waals surface area contributed by atoms with Gasteiger partial charge >= 0.3 is 5.97 Å². The SMILES string of the molecule is CCOC(=O)c1ccccc1N(CCC(=O)Nc1cccc(C(C)=O)c1)C(C)=O. The van der Waals surface area contributed by atoms with Gasteiger partial charge in [-0.1, -0.05) is 24.3 Å². The molecular formula is C22H24N2O5. The maximum Gasteiger partial charge on any atom is 0.340 e. The molecule has 0 atom stereocenters. The maximum absolute atomic E-state index is 12.3. The van der Waals surface area contributed by atoms with Crippen LogP contribution in [-0.2, 0) is 14.3 Å². The van der Waals surface area contributed by atoms with Crippen LogP contribution < -0.4 is 10.2 Å². The Hall–Kier alpha value is -3.48.